The standard InChI is InChI=1S/C10H14.CH3NO2/c1-3-9-7-5-6-8-10(9)4-2;1-2(3)4/h5-8H,3-4H2,1-2H3;1H3. The van der Waals surface area contributed by atoms with Gasteiger partial charge in [-0.3, -0.25) is 10.1 Å². The Hall–Kier alpha value is -1.38. The highest BCUT2D eigenvalue weighted by Gasteiger charge is 1.93. The lowest BCUT2D eigenvalue weighted by Crippen LogP contribution is -1.88. The number of hydrogen-bond acceptors (Lipinski definition) is 2. The van der Waals surface area contributed by atoms with Crippen molar-refractivity contribution in [1.82, 2.24) is 0 Å². The second-order valence-corrected chi connectivity index (χ2v) is 2.92. The van der Waals surface area contributed by atoms with Crippen molar-refractivity contribution in [2.45, 2.75) is 26.7 Å². The van der Waals surface area contributed by atoms with Crippen molar-refractivity contribution in [1.29, 1.82) is 0 Å². The number of aryl methyl sites for hydroxylation is 2. The van der Waals surface area contributed by atoms with Crippen LogP contribution in [-0.4, -0.2) is 12.0 Å². The van der Waals surface area contributed by atoms with E-state index in [0.717, 1.165) is 19.9 Å². The highest BCUT2D eigenvalue weighted by Crippen LogP contribution is 2.08. The van der Waals surface area contributed by atoms with Crippen LogP contribution in [0.15, 0.2) is 24.3 Å². The van der Waals surface area contributed by atoms with Gasteiger partial charge >= 0.3 is 0 Å². The fourth-order valence-electron chi connectivity index (χ4n) is 1.25. The van der Waals surface area contributed by atoms with Crippen LogP contribution in [0.4, 0.5) is 0 Å². The number of nitrogens with zero attached hydrogens (tertiary/aromatic N) is 1. The minimum absolute atomic E-state index is 0.500. The van der Waals surface area contributed by atoms with Gasteiger partial charge in [0.15, 0.2) is 7.05 Å². The highest BCUT2D eigenvalue weighted by molar-refractivity contribution is 5.26. The normalized spacial score (nSPS) is 8.79. The van der Waals surface area contributed by atoms with Gasteiger partial charge in [-0.2, -0.15) is 0 Å². The molecule has 0 saturated carbocycles. The van der Waals surface area contributed by atoms with Crippen LogP contribution in [0.5, 0.6) is 0 Å². The summed E-state index contributed by atoms with van der Waals surface area (Å²) in [7, 11) is 0.889. The van der Waals surface area contributed by atoms with E-state index in [0.29, 0.717) is 0 Å². The van der Waals surface area contributed by atoms with E-state index in [9.17, 15) is 0 Å². The van der Waals surface area contributed by atoms with Crippen molar-refractivity contribution in [2.24, 2.45) is 0 Å². The molecule has 1 aromatic rings. The second-order valence-electron chi connectivity index (χ2n) is 2.92. The summed E-state index contributed by atoms with van der Waals surface area (Å²) in [6.45, 7) is 4.41. The van der Waals surface area contributed by atoms with Crippen molar-refractivity contribution in [3.63, 3.8) is 0 Å². The first-order chi connectivity index (χ1) is 6.61. The molecule has 1 aromatic carbocycles. The van der Waals surface area contributed by atoms with Gasteiger partial charge in [-0.15, -0.1) is 0 Å². The molecule has 0 bridgehead atoms. The first-order valence-electron chi connectivity index (χ1n) is 4.76. The van der Waals surface area contributed by atoms with Gasteiger partial charge in [0.1, 0.15) is 0 Å². The van der Waals surface area contributed by atoms with Gasteiger partial charge in [-0.05, 0) is 24.0 Å². The van der Waals surface area contributed by atoms with Gasteiger partial charge in [-0.25, -0.2) is 0 Å². The molecular formula is C11H17NO2. The predicted molar refractivity (Wildman–Crippen MR) is 58.1 cm³/mol. The number of benzene rings is 1. The van der Waals surface area contributed by atoms with E-state index in [2.05, 4.69) is 38.1 Å². The zero-order valence-corrected chi connectivity index (χ0v) is 8.99. The largest absolute Gasteiger partial charge is 0.265 e. The second kappa shape index (κ2) is 7.06. The van der Waals surface area contributed by atoms with E-state index in [-0.39, 0.29) is 0 Å². The summed E-state index contributed by atoms with van der Waals surface area (Å²) in [5, 5.41) is 8.81. The Bertz CT molecular complexity index is 257. The van der Waals surface area contributed by atoms with Gasteiger partial charge in [0.25, 0.3) is 0 Å². The molecule has 0 saturated heterocycles. The Kier molecular flexibility index (Phi) is 6.37. The molecule has 0 aromatic heterocycles. The first kappa shape index (κ1) is 12.6. The molecule has 0 radical (unpaired) electrons. The molecule has 0 aliphatic carbocycles. The van der Waals surface area contributed by atoms with E-state index in [1.54, 1.807) is 0 Å². The van der Waals surface area contributed by atoms with Gasteiger partial charge in [0.2, 0.25) is 0 Å². The molecule has 0 unspecified atom stereocenters. The molecular weight excluding hydrogens is 178 g/mol. The molecule has 0 N–H and O–H groups in total. The molecule has 0 heterocycles. The number of nitro groups is 1. The molecule has 78 valence electrons. The molecule has 14 heavy (non-hydrogen) atoms. The average molecular weight is 195 g/mol. The topological polar surface area (TPSA) is 43.1 Å². The average Bonchev–Trinajstić information content (AvgIpc) is 2.17. The fraction of sp³-hybridized carbons (Fsp3) is 0.455. The molecule has 3 heteroatoms. The van der Waals surface area contributed by atoms with E-state index in [4.69, 9.17) is 10.1 Å². The van der Waals surface area contributed by atoms with E-state index < -0.39 is 4.92 Å². The maximum absolute atomic E-state index is 8.81. The maximum atomic E-state index is 8.81. The van der Waals surface area contributed by atoms with Crippen molar-refractivity contribution in [3.05, 3.63) is 45.5 Å². The fourth-order valence-corrected chi connectivity index (χ4v) is 1.25. The molecule has 3 nitrogen and oxygen atoms in total. The third-order valence-corrected chi connectivity index (χ3v) is 1.88. The molecule has 1 rings (SSSR count). The van der Waals surface area contributed by atoms with Crippen LogP contribution in [0.3, 0.4) is 0 Å². The number of rotatable bonds is 2. The van der Waals surface area contributed by atoms with E-state index >= 15 is 0 Å². The van der Waals surface area contributed by atoms with Gasteiger partial charge in [0, 0.05) is 4.92 Å². The van der Waals surface area contributed by atoms with Crippen LogP contribution in [-0.2, 0) is 12.8 Å². The molecule has 0 fully saturated rings. The molecule has 0 spiro atoms. The zero-order valence-electron chi connectivity index (χ0n) is 8.99. The van der Waals surface area contributed by atoms with E-state index in [1.807, 2.05) is 0 Å². The summed E-state index contributed by atoms with van der Waals surface area (Å²) in [6, 6.07) is 8.63. The van der Waals surface area contributed by atoms with Crippen molar-refractivity contribution >= 4 is 0 Å². The minimum Gasteiger partial charge on any atom is -0.265 e. The zero-order chi connectivity index (χ0) is 11.0. The van der Waals surface area contributed by atoms with Crippen LogP contribution >= 0.6 is 0 Å². The lowest BCUT2D eigenvalue weighted by molar-refractivity contribution is -0.445. The summed E-state index contributed by atoms with van der Waals surface area (Å²) in [5.41, 5.74) is 2.98. The van der Waals surface area contributed by atoms with Crippen LogP contribution in [0, 0.1) is 10.1 Å². The Morgan fingerprint density at radius 2 is 1.43 bits per heavy atom. The predicted octanol–water partition coefficient (Wildman–Crippen LogP) is 2.70. The highest BCUT2D eigenvalue weighted by atomic mass is 16.6. The van der Waals surface area contributed by atoms with Crippen LogP contribution < -0.4 is 0 Å². The molecule has 0 aliphatic rings. The maximum Gasteiger partial charge on any atom is 0.194 e. The van der Waals surface area contributed by atoms with Crippen LogP contribution in [0.2, 0.25) is 0 Å². The molecule has 0 amide bonds. The van der Waals surface area contributed by atoms with Gasteiger partial charge in [0.05, 0.1) is 0 Å². The minimum atomic E-state index is -0.500. The Morgan fingerprint density at radius 3 is 1.64 bits per heavy atom. The summed E-state index contributed by atoms with van der Waals surface area (Å²) in [4.78, 5) is 8.31. The summed E-state index contributed by atoms with van der Waals surface area (Å²) >= 11 is 0. The Morgan fingerprint density at radius 1 is 1.14 bits per heavy atom. The summed E-state index contributed by atoms with van der Waals surface area (Å²) in [5.74, 6) is 0. The van der Waals surface area contributed by atoms with Crippen molar-refractivity contribution in [2.75, 3.05) is 7.05 Å². The molecule has 0 atom stereocenters. The van der Waals surface area contributed by atoms with Gasteiger partial charge < -0.3 is 0 Å². The van der Waals surface area contributed by atoms with Gasteiger partial charge in [-0.1, -0.05) is 38.1 Å². The third kappa shape index (κ3) is 5.30. The quantitative estimate of drug-likeness (QED) is 0.538. The first-order valence-corrected chi connectivity index (χ1v) is 4.76. The van der Waals surface area contributed by atoms with Crippen LogP contribution in [0.1, 0.15) is 25.0 Å². The van der Waals surface area contributed by atoms with Crippen molar-refractivity contribution in [3.8, 4) is 0 Å². The Balaban J connectivity index is 0.000000364. The smallest absolute Gasteiger partial charge is 0.194 e. The van der Waals surface area contributed by atoms with Crippen molar-refractivity contribution < 1.29 is 4.92 Å². The number of hydrogen-bond donors (Lipinski definition) is 0. The Labute approximate surface area is 84.9 Å². The lowest BCUT2D eigenvalue weighted by Gasteiger charge is -2.02. The SMILES string of the molecule is CCc1ccccc1CC.C[N+](=O)[O-]. The third-order valence-electron chi connectivity index (χ3n) is 1.88. The lowest BCUT2D eigenvalue weighted by atomic mass is 10.0. The monoisotopic (exact) mass is 195 g/mol. The van der Waals surface area contributed by atoms with Crippen LogP contribution in [0.25, 0.3) is 0 Å². The van der Waals surface area contributed by atoms with E-state index in [1.165, 1.54) is 11.1 Å². The summed E-state index contributed by atoms with van der Waals surface area (Å²) < 4.78 is 0. The molecule has 0 aliphatic heterocycles. The summed E-state index contributed by atoms with van der Waals surface area (Å²) in [6.07, 6.45) is 2.31.